The fraction of sp³-hybridized carbons (Fsp3) is 0.294. The fourth-order valence-corrected chi connectivity index (χ4v) is 4.45. The lowest BCUT2D eigenvalue weighted by molar-refractivity contribution is -0.917. The first-order valence-corrected chi connectivity index (χ1v) is 9.35. The van der Waals surface area contributed by atoms with Gasteiger partial charge in [-0.3, -0.25) is 0 Å². The zero-order valence-electron chi connectivity index (χ0n) is 13.4. The minimum Gasteiger partial charge on any atom is -0.329 e. The van der Waals surface area contributed by atoms with Crippen LogP contribution in [0.3, 0.4) is 0 Å². The normalized spacial score (nSPS) is 16.9. The van der Waals surface area contributed by atoms with Gasteiger partial charge in [0.1, 0.15) is 11.4 Å². The first-order valence-electron chi connectivity index (χ1n) is 7.91. The molecule has 1 fully saturated rings. The van der Waals surface area contributed by atoms with Gasteiger partial charge in [-0.25, -0.2) is 21.6 Å². The summed E-state index contributed by atoms with van der Waals surface area (Å²) in [6.45, 7) is 2.28. The predicted molar refractivity (Wildman–Crippen MR) is 85.9 cm³/mol. The summed E-state index contributed by atoms with van der Waals surface area (Å²) >= 11 is 0. The molecule has 0 atom stereocenters. The molecular formula is C17H18F3N2O2S+. The van der Waals surface area contributed by atoms with Crippen LogP contribution in [0.1, 0.15) is 5.56 Å². The topological polar surface area (TPSA) is 41.8 Å². The number of rotatable bonds is 4. The highest BCUT2D eigenvalue weighted by Crippen LogP contribution is 2.23. The van der Waals surface area contributed by atoms with Crippen LogP contribution in [-0.2, 0) is 16.6 Å². The zero-order valence-corrected chi connectivity index (χ0v) is 14.2. The van der Waals surface area contributed by atoms with Gasteiger partial charge in [0, 0.05) is 5.56 Å². The summed E-state index contributed by atoms with van der Waals surface area (Å²) < 4.78 is 66.4. The van der Waals surface area contributed by atoms with E-state index < -0.39 is 32.4 Å². The molecule has 0 saturated carbocycles. The van der Waals surface area contributed by atoms with Gasteiger partial charge in [0.15, 0.2) is 17.5 Å². The number of benzene rings is 2. The lowest BCUT2D eigenvalue weighted by Crippen LogP contribution is -3.13. The van der Waals surface area contributed by atoms with Crippen molar-refractivity contribution >= 4 is 10.0 Å². The molecule has 1 N–H and O–H groups in total. The number of piperazine rings is 1. The van der Waals surface area contributed by atoms with Crippen molar-refractivity contribution in [2.45, 2.75) is 11.4 Å². The molecule has 0 radical (unpaired) electrons. The molecule has 3 rings (SSSR count). The number of nitrogens with zero attached hydrogens (tertiary/aromatic N) is 1. The van der Waals surface area contributed by atoms with Gasteiger partial charge in [-0.1, -0.05) is 30.3 Å². The summed E-state index contributed by atoms with van der Waals surface area (Å²) in [5.41, 5.74) is 1.15. The second kappa shape index (κ2) is 7.15. The van der Waals surface area contributed by atoms with E-state index in [0.29, 0.717) is 19.2 Å². The third-order valence-electron chi connectivity index (χ3n) is 4.34. The number of halogens is 3. The van der Waals surface area contributed by atoms with Crippen molar-refractivity contribution < 1.29 is 26.5 Å². The van der Waals surface area contributed by atoms with Crippen molar-refractivity contribution in [2.75, 3.05) is 26.2 Å². The highest BCUT2D eigenvalue weighted by molar-refractivity contribution is 7.89. The smallest absolute Gasteiger partial charge is 0.246 e. The first kappa shape index (κ1) is 17.9. The Kier molecular flexibility index (Phi) is 5.12. The van der Waals surface area contributed by atoms with Crippen molar-refractivity contribution in [3.63, 3.8) is 0 Å². The molecule has 4 nitrogen and oxygen atoms in total. The van der Waals surface area contributed by atoms with E-state index in [2.05, 4.69) is 0 Å². The lowest BCUT2D eigenvalue weighted by Gasteiger charge is -2.31. The van der Waals surface area contributed by atoms with E-state index in [1.54, 1.807) is 0 Å². The largest absolute Gasteiger partial charge is 0.329 e. The summed E-state index contributed by atoms with van der Waals surface area (Å²) in [4.78, 5) is 0.390. The van der Waals surface area contributed by atoms with Gasteiger partial charge in [-0.2, -0.15) is 4.31 Å². The standard InChI is InChI=1S/C17H17F3N2O2S/c18-14-6-7-15(17(20)16(14)19)25(23,24)22-10-8-21(9-11-22)12-13-4-2-1-3-5-13/h1-7H,8-12H2/p+1. The van der Waals surface area contributed by atoms with Crippen LogP contribution >= 0.6 is 0 Å². The summed E-state index contributed by atoms with van der Waals surface area (Å²) in [6, 6.07) is 11.2. The third-order valence-corrected chi connectivity index (χ3v) is 6.26. The maximum absolute atomic E-state index is 13.9. The van der Waals surface area contributed by atoms with Crippen molar-refractivity contribution in [3.05, 3.63) is 65.5 Å². The maximum atomic E-state index is 13.9. The van der Waals surface area contributed by atoms with E-state index in [9.17, 15) is 21.6 Å². The van der Waals surface area contributed by atoms with Crippen LogP contribution in [-0.4, -0.2) is 38.9 Å². The summed E-state index contributed by atoms with van der Waals surface area (Å²) in [7, 11) is -4.19. The molecule has 0 spiro atoms. The van der Waals surface area contributed by atoms with Crippen molar-refractivity contribution in [1.82, 2.24) is 4.31 Å². The van der Waals surface area contributed by atoms with Crippen LogP contribution in [0.4, 0.5) is 13.2 Å². The van der Waals surface area contributed by atoms with Crippen LogP contribution in [0, 0.1) is 17.5 Å². The number of quaternary nitrogens is 1. The molecule has 0 aliphatic carbocycles. The van der Waals surface area contributed by atoms with Crippen LogP contribution in [0.5, 0.6) is 0 Å². The Hall–Kier alpha value is -1.90. The summed E-state index contributed by atoms with van der Waals surface area (Å²) in [6.07, 6.45) is 0. The molecule has 1 heterocycles. The highest BCUT2D eigenvalue weighted by atomic mass is 32.2. The van der Waals surface area contributed by atoms with Gasteiger partial charge in [0.2, 0.25) is 10.0 Å². The average Bonchev–Trinajstić information content (AvgIpc) is 2.61. The number of hydrogen-bond acceptors (Lipinski definition) is 2. The molecule has 1 aliphatic rings. The number of sulfonamides is 1. The maximum Gasteiger partial charge on any atom is 0.246 e. The molecule has 0 amide bonds. The number of nitrogens with one attached hydrogen (secondary N) is 1. The second-order valence-corrected chi connectivity index (χ2v) is 7.90. The minimum absolute atomic E-state index is 0.197. The lowest BCUT2D eigenvalue weighted by atomic mass is 10.2. The van der Waals surface area contributed by atoms with Gasteiger partial charge >= 0.3 is 0 Å². The SMILES string of the molecule is O=S(=O)(c1ccc(F)c(F)c1F)N1CC[NH+](Cc2ccccc2)CC1. The van der Waals surface area contributed by atoms with Crippen LogP contribution < -0.4 is 4.90 Å². The monoisotopic (exact) mass is 371 g/mol. The van der Waals surface area contributed by atoms with E-state index in [1.807, 2.05) is 30.3 Å². The third kappa shape index (κ3) is 3.70. The van der Waals surface area contributed by atoms with Crippen molar-refractivity contribution in [3.8, 4) is 0 Å². The van der Waals surface area contributed by atoms with Crippen LogP contribution in [0.25, 0.3) is 0 Å². The Morgan fingerprint density at radius 3 is 2.20 bits per heavy atom. The molecule has 8 heteroatoms. The molecular weight excluding hydrogens is 353 g/mol. The number of hydrogen-bond donors (Lipinski definition) is 1. The van der Waals surface area contributed by atoms with Crippen molar-refractivity contribution in [1.29, 1.82) is 0 Å². The van der Waals surface area contributed by atoms with Gasteiger partial charge in [-0.05, 0) is 12.1 Å². The Morgan fingerprint density at radius 2 is 1.56 bits per heavy atom. The fourth-order valence-electron chi connectivity index (χ4n) is 2.95. The molecule has 0 bridgehead atoms. The Labute approximate surface area is 144 Å². The van der Waals surface area contributed by atoms with Gasteiger partial charge in [-0.15, -0.1) is 0 Å². The van der Waals surface area contributed by atoms with Gasteiger partial charge in [0.05, 0.1) is 26.2 Å². The minimum atomic E-state index is -4.19. The highest BCUT2D eigenvalue weighted by Gasteiger charge is 2.33. The Bertz CT molecular complexity index is 852. The molecule has 0 aromatic heterocycles. The molecule has 134 valence electrons. The molecule has 2 aromatic carbocycles. The second-order valence-electron chi connectivity index (χ2n) is 5.99. The Morgan fingerprint density at radius 1 is 0.920 bits per heavy atom. The summed E-state index contributed by atoms with van der Waals surface area (Å²) in [5.74, 6) is -4.85. The molecule has 1 aliphatic heterocycles. The van der Waals surface area contributed by atoms with E-state index in [0.717, 1.165) is 22.5 Å². The first-order chi connectivity index (χ1) is 11.9. The van der Waals surface area contributed by atoms with Crippen molar-refractivity contribution in [2.24, 2.45) is 0 Å². The van der Waals surface area contributed by atoms with Gasteiger partial charge < -0.3 is 4.90 Å². The van der Waals surface area contributed by atoms with Crippen LogP contribution in [0.15, 0.2) is 47.4 Å². The molecule has 0 unspecified atom stereocenters. The quantitative estimate of drug-likeness (QED) is 0.821. The van der Waals surface area contributed by atoms with E-state index in [4.69, 9.17) is 0 Å². The molecule has 2 aromatic rings. The Balaban J connectivity index is 1.71. The molecule has 1 saturated heterocycles. The van der Waals surface area contributed by atoms with E-state index in [-0.39, 0.29) is 13.1 Å². The zero-order chi connectivity index (χ0) is 18.0. The van der Waals surface area contributed by atoms with Gasteiger partial charge in [0.25, 0.3) is 0 Å². The van der Waals surface area contributed by atoms with E-state index in [1.165, 1.54) is 4.90 Å². The molecule has 25 heavy (non-hydrogen) atoms. The van der Waals surface area contributed by atoms with Crippen LogP contribution in [0.2, 0.25) is 0 Å². The predicted octanol–water partition coefficient (Wildman–Crippen LogP) is 1.19. The average molecular weight is 371 g/mol. The summed E-state index contributed by atoms with van der Waals surface area (Å²) in [5, 5.41) is 0. The van der Waals surface area contributed by atoms with E-state index >= 15 is 0 Å².